The highest BCUT2D eigenvalue weighted by Gasteiger charge is 2.38. The number of hydrogen-bond acceptors (Lipinski definition) is 4. The van der Waals surface area contributed by atoms with Crippen LogP contribution in [0.1, 0.15) is 49.3 Å². The van der Waals surface area contributed by atoms with Gasteiger partial charge in [-0.15, -0.1) is 0 Å². The van der Waals surface area contributed by atoms with Crippen LogP contribution in [0.2, 0.25) is 0 Å². The smallest absolute Gasteiger partial charge is 0.161 e. The molecule has 1 aromatic carbocycles. The fraction of sp³-hybridized carbons (Fsp3) is 0.684. The zero-order valence-corrected chi connectivity index (χ0v) is 14.1. The van der Waals surface area contributed by atoms with Crippen LogP contribution in [0.15, 0.2) is 12.1 Å². The average Bonchev–Trinajstić information content (AvgIpc) is 2.53. The van der Waals surface area contributed by atoms with Crippen LogP contribution < -0.4 is 9.47 Å². The minimum Gasteiger partial charge on any atom is -0.493 e. The largest absolute Gasteiger partial charge is 0.493 e. The van der Waals surface area contributed by atoms with E-state index >= 15 is 0 Å². The Labute approximate surface area is 145 Å². The molecule has 3 unspecified atom stereocenters. The topological polar surface area (TPSA) is 41.9 Å². The summed E-state index contributed by atoms with van der Waals surface area (Å²) in [5.74, 6) is 1.14. The summed E-state index contributed by atoms with van der Waals surface area (Å²) in [6.45, 7) is 5.70. The summed E-state index contributed by atoms with van der Waals surface area (Å²) in [5, 5.41) is 10.7. The van der Waals surface area contributed by atoms with Crippen LogP contribution in [0.25, 0.3) is 0 Å². The van der Waals surface area contributed by atoms with Gasteiger partial charge in [0.25, 0.3) is 0 Å². The number of piperidine rings is 1. The van der Waals surface area contributed by atoms with E-state index in [1.807, 2.05) is 0 Å². The van der Waals surface area contributed by atoms with Gasteiger partial charge >= 0.3 is 0 Å². The van der Waals surface area contributed by atoms with Crippen LogP contribution in [0.3, 0.4) is 0 Å². The maximum atomic E-state index is 10.7. The second-order valence-electron chi connectivity index (χ2n) is 7.07. The minimum absolute atomic E-state index is 0.169. The molecule has 0 bridgehead atoms. The summed E-state index contributed by atoms with van der Waals surface area (Å²) in [5.41, 5.74) is 1.65. The first-order valence-corrected chi connectivity index (χ1v) is 8.37. The highest BCUT2D eigenvalue weighted by atomic mass is 16.5. The lowest BCUT2D eigenvalue weighted by Crippen LogP contribution is -2.48. The van der Waals surface area contributed by atoms with E-state index in [1.165, 1.54) is 7.11 Å². The van der Waals surface area contributed by atoms with Gasteiger partial charge in [0.2, 0.25) is 0 Å². The number of aliphatic hydroxyl groups is 1. The molecule has 3 rings (SSSR count). The Hall–Kier alpha value is -1.26. The lowest BCUT2D eigenvalue weighted by molar-refractivity contribution is -0.0191. The normalized spacial score (nSPS) is 33.8. The van der Waals surface area contributed by atoms with Gasteiger partial charge in [-0.25, -0.2) is 0 Å². The van der Waals surface area contributed by atoms with Crippen LogP contribution in [0, 0.1) is 11.8 Å². The van der Waals surface area contributed by atoms with E-state index in [9.17, 15) is 5.11 Å². The Morgan fingerprint density at radius 3 is 2.87 bits per heavy atom. The molecule has 4 heteroatoms. The van der Waals surface area contributed by atoms with E-state index < -0.39 is 19.2 Å². The van der Waals surface area contributed by atoms with Crippen LogP contribution in [-0.4, -0.2) is 43.3 Å². The van der Waals surface area contributed by atoms with E-state index in [4.69, 9.17) is 15.0 Å². The van der Waals surface area contributed by atoms with Crippen LogP contribution >= 0.6 is 0 Å². The molecule has 2 aliphatic heterocycles. The second kappa shape index (κ2) is 6.70. The Balaban J connectivity index is 1.95. The summed E-state index contributed by atoms with van der Waals surface area (Å²) in [6, 6.07) is 2.36. The first-order chi connectivity index (χ1) is 12.5. The molecular formula is C19H29NO3. The number of ether oxygens (including phenoxy) is 2. The summed E-state index contributed by atoms with van der Waals surface area (Å²) >= 11 is 0. The van der Waals surface area contributed by atoms with Gasteiger partial charge in [-0.2, -0.15) is 0 Å². The molecule has 23 heavy (non-hydrogen) atoms. The molecular weight excluding hydrogens is 290 g/mol. The SMILES string of the molecule is [2H]C([2H])([2H])Oc1cc2c(cc1OC)C1([2H])CC(O)C(CC(C)C)CN1CC2. The molecule has 0 spiro atoms. The first kappa shape index (κ1) is 12.2. The van der Waals surface area contributed by atoms with Gasteiger partial charge in [0.15, 0.2) is 11.5 Å². The molecule has 0 amide bonds. The van der Waals surface area contributed by atoms with Gasteiger partial charge in [0.05, 0.1) is 25.7 Å². The Bertz CT molecular complexity index is 694. The first-order valence-electron chi connectivity index (χ1n) is 10.4. The maximum absolute atomic E-state index is 10.7. The lowest BCUT2D eigenvalue weighted by atomic mass is 9.79. The van der Waals surface area contributed by atoms with Gasteiger partial charge in [0.1, 0.15) is 0 Å². The molecule has 4 nitrogen and oxygen atoms in total. The lowest BCUT2D eigenvalue weighted by Gasteiger charge is -2.46. The molecule has 0 aromatic heterocycles. The molecule has 0 aliphatic carbocycles. The van der Waals surface area contributed by atoms with Crippen molar-refractivity contribution in [3.8, 4) is 11.5 Å². The van der Waals surface area contributed by atoms with Crippen molar-refractivity contribution in [3.63, 3.8) is 0 Å². The van der Waals surface area contributed by atoms with Crippen molar-refractivity contribution >= 4 is 0 Å². The van der Waals surface area contributed by atoms with Crippen molar-refractivity contribution in [2.75, 3.05) is 27.2 Å². The van der Waals surface area contributed by atoms with E-state index in [2.05, 4.69) is 18.7 Å². The van der Waals surface area contributed by atoms with E-state index in [0.29, 0.717) is 37.6 Å². The molecule has 1 aromatic rings. The number of rotatable bonds is 4. The minimum atomic E-state index is -2.56. The number of hydrogen-bond donors (Lipinski definition) is 1. The van der Waals surface area contributed by atoms with E-state index in [-0.39, 0.29) is 11.7 Å². The second-order valence-corrected chi connectivity index (χ2v) is 7.07. The van der Waals surface area contributed by atoms with Gasteiger partial charge in [0, 0.05) is 19.1 Å². The third-order valence-corrected chi connectivity index (χ3v) is 5.02. The molecule has 128 valence electrons. The molecule has 2 aliphatic rings. The summed E-state index contributed by atoms with van der Waals surface area (Å²) in [4.78, 5) is 2.14. The number of aliphatic hydroxyl groups excluding tert-OH is 1. The Kier molecular flexibility index (Phi) is 3.54. The number of fused-ring (bicyclic) bond motifs is 3. The van der Waals surface area contributed by atoms with Crippen LogP contribution in [-0.2, 0) is 6.42 Å². The zero-order chi connectivity index (χ0) is 20.0. The fourth-order valence-corrected chi connectivity index (χ4v) is 3.92. The predicted octanol–water partition coefficient (Wildman–Crippen LogP) is 3.03. The maximum Gasteiger partial charge on any atom is 0.161 e. The van der Waals surface area contributed by atoms with E-state index in [0.717, 1.165) is 17.5 Å². The average molecular weight is 323 g/mol. The van der Waals surface area contributed by atoms with Crippen LogP contribution in [0.4, 0.5) is 0 Å². The molecule has 1 fully saturated rings. The van der Waals surface area contributed by atoms with Crippen molar-refractivity contribution < 1.29 is 20.1 Å². The number of methoxy groups -OCH3 is 2. The van der Waals surface area contributed by atoms with Crippen molar-refractivity contribution in [2.45, 2.75) is 45.2 Å². The highest BCUT2D eigenvalue weighted by molar-refractivity contribution is 5.49. The van der Waals surface area contributed by atoms with Gasteiger partial charge in [-0.3, -0.25) is 4.90 Å². The van der Waals surface area contributed by atoms with Crippen molar-refractivity contribution in [2.24, 2.45) is 11.8 Å². The molecule has 2 heterocycles. The third-order valence-electron chi connectivity index (χ3n) is 5.02. The van der Waals surface area contributed by atoms with Gasteiger partial charge in [-0.1, -0.05) is 13.8 Å². The molecule has 0 saturated carbocycles. The molecule has 1 N–H and O–H groups in total. The van der Waals surface area contributed by atoms with Crippen molar-refractivity contribution in [3.05, 3.63) is 23.3 Å². The summed E-state index contributed by atoms with van der Waals surface area (Å²) in [6.07, 6.45) is 1.45. The number of nitrogens with zero attached hydrogens (tertiary/aromatic N) is 1. The predicted molar refractivity (Wildman–Crippen MR) is 91.1 cm³/mol. The number of benzene rings is 1. The Morgan fingerprint density at radius 1 is 1.39 bits per heavy atom. The quantitative estimate of drug-likeness (QED) is 0.925. The molecule has 3 atom stereocenters. The van der Waals surface area contributed by atoms with Crippen LogP contribution in [0.5, 0.6) is 11.5 Å². The van der Waals surface area contributed by atoms with Crippen molar-refractivity contribution in [1.82, 2.24) is 4.90 Å². The monoisotopic (exact) mass is 323 g/mol. The molecule has 0 radical (unpaired) electrons. The van der Waals surface area contributed by atoms with E-state index in [1.54, 1.807) is 12.1 Å². The van der Waals surface area contributed by atoms with Gasteiger partial charge < -0.3 is 14.6 Å². The van der Waals surface area contributed by atoms with Crippen molar-refractivity contribution in [1.29, 1.82) is 0 Å². The van der Waals surface area contributed by atoms with Gasteiger partial charge in [-0.05, 0) is 54.4 Å². The summed E-state index contributed by atoms with van der Waals surface area (Å²) in [7, 11) is -1.11. The fourth-order valence-electron chi connectivity index (χ4n) is 3.92. The third kappa shape index (κ3) is 3.20. The standard InChI is InChI=1S/C19H29NO3/c1-12(2)7-14-11-20-6-5-13-8-18(22-3)19(23-4)9-15(13)16(20)10-17(14)21/h8-9,12,14,16-17,21H,5-7,10-11H2,1-4H3/i3D3,16D. The Morgan fingerprint density at radius 2 is 2.17 bits per heavy atom. The zero-order valence-electron chi connectivity index (χ0n) is 18.1. The summed E-state index contributed by atoms with van der Waals surface area (Å²) < 4.78 is 41.6. The highest BCUT2D eigenvalue weighted by Crippen LogP contribution is 2.43. The molecule has 1 saturated heterocycles.